The highest BCUT2D eigenvalue weighted by molar-refractivity contribution is 14.1. The molecule has 0 fully saturated rings. The molecule has 0 amide bonds. The molecule has 1 atom stereocenters. The first-order chi connectivity index (χ1) is 6.20. The maximum atomic E-state index is 11.0. The number of halogens is 1. The maximum Gasteiger partial charge on any atom is 0.305 e. The van der Waals surface area contributed by atoms with Crippen LogP contribution < -0.4 is 0 Å². The van der Waals surface area contributed by atoms with Gasteiger partial charge in [-0.25, -0.2) is 0 Å². The summed E-state index contributed by atoms with van der Waals surface area (Å²) in [5.41, 5.74) is 0. The van der Waals surface area contributed by atoms with Crippen LogP contribution in [0.15, 0.2) is 0 Å². The molecule has 3 heteroatoms. The molecular weight excluding hydrogens is 279 g/mol. The maximum absolute atomic E-state index is 11.0. The topological polar surface area (TPSA) is 26.3 Å². The van der Waals surface area contributed by atoms with Crippen molar-refractivity contribution in [2.75, 3.05) is 11.0 Å². The minimum Gasteiger partial charge on any atom is -0.466 e. The molecule has 0 aromatic carbocycles. The van der Waals surface area contributed by atoms with Gasteiger partial charge in [0.1, 0.15) is 0 Å². The average molecular weight is 298 g/mol. The van der Waals surface area contributed by atoms with E-state index < -0.39 is 0 Å². The van der Waals surface area contributed by atoms with Gasteiger partial charge in [0.2, 0.25) is 0 Å². The van der Waals surface area contributed by atoms with Crippen LogP contribution in [0.1, 0.15) is 39.5 Å². The molecule has 0 aliphatic heterocycles. The third kappa shape index (κ3) is 8.53. The highest BCUT2D eigenvalue weighted by Gasteiger charge is 2.04. The van der Waals surface area contributed by atoms with Crippen molar-refractivity contribution in [3.63, 3.8) is 0 Å². The molecule has 1 unspecified atom stereocenters. The zero-order valence-corrected chi connectivity index (χ0v) is 10.7. The third-order valence-electron chi connectivity index (χ3n) is 1.99. The van der Waals surface area contributed by atoms with E-state index in [2.05, 4.69) is 29.5 Å². The number of carbonyl (C=O) groups is 1. The first-order valence-corrected chi connectivity index (χ1v) is 6.44. The number of esters is 1. The van der Waals surface area contributed by atoms with Crippen molar-refractivity contribution < 1.29 is 9.53 Å². The number of carbonyl (C=O) groups excluding carboxylic acids is 1. The zero-order chi connectivity index (χ0) is 10.1. The summed E-state index contributed by atoms with van der Waals surface area (Å²) in [7, 11) is 0. The summed E-state index contributed by atoms with van der Waals surface area (Å²) in [6.07, 6.45) is 3.95. The summed E-state index contributed by atoms with van der Waals surface area (Å²) in [5, 5.41) is 0. The van der Waals surface area contributed by atoms with Crippen LogP contribution in [0.4, 0.5) is 0 Å². The lowest BCUT2D eigenvalue weighted by molar-refractivity contribution is -0.143. The highest BCUT2D eigenvalue weighted by Crippen LogP contribution is 2.13. The van der Waals surface area contributed by atoms with Crippen LogP contribution in [-0.4, -0.2) is 17.0 Å². The predicted molar refractivity (Wildman–Crippen MR) is 63.2 cm³/mol. The van der Waals surface area contributed by atoms with Crippen LogP contribution in [0.3, 0.4) is 0 Å². The van der Waals surface area contributed by atoms with Crippen molar-refractivity contribution in [3.8, 4) is 0 Å². The van der Waals surface area contributed by atoms with Crippen molar-refractivity contribution in [3.05, 3.63) is 0 Å². The molecule has 0 bridgehead atoms. The van der Waals surface area contributed by atoms with Crippen molar-refractivity contribution in [1.82, 2.24) is 0 Å². The van der Waals surface area contributed by atoms with E-state index in [9.17, 15) is 4.79 Å². The Bertz CT molecular complexity index is 137. The van der Waals surface area contributed by atoms with Crippen molar-refractivity contribution >= 4 is 28.6 Å². The molecule has 0 aromatic heterocycles. The second-order valence-electron chi connectivity index (χ2n) is 3.28. The van der Waals surface area contributed by atoms with Gasteiger partial charge in [-0.1, -0.05) is 35.9 Å². The average Bonchev–Trinajstić information content (AvgIpc) is 2.05. The second-order valence-corrected chi connectivity index (χ2v) is 4.36. The number of hydrogen-bond donors (Lipinski definition) is 0. The van der Waals surface area contributed by atoms with E-state index in [-0.39, 0.29) is 5.97 Å². The molecule has 0 spiro atoms. The summed E-state index contributed by atoms with van der Waals surface area (Å²) in [4.78, 5) is 11.0. The molecule has 0 saturated heterocycles. The number of rotatable bonds is 7. The van der Waals surface area contributed by atoms with Crippen molar-refractivity contribution in [2.45, 2.75) is 39.5 Å². The Kier molecular flexibility index (Phi) is 8.92. The number of alkyl halides is 1. The fourth-order valence-electron chi connectivity index (χ4n) is 1.16. The molecule has 2 nitrogen and oxygen atoms in total. The quantitative estimate of drug-likeness (QED) is 0.410. The number of ether oxygens (including phenoxy) is 1. The summed E-state index contributed by atoms with van der Waals surface area (Å²) in [5.74, 6) is 0.690. The van der Waals surface area contributed by atoms with E-state index in [1.807, 2.05) is 6.92 Å². The molecule has 0 radical (unpaired) electrons. The molecule has 13 heavy (non-hydrogen) atoms. The molecule has 0 heterocycles. The smallest absolute Gasteiger partial charge is 0.305 e. The summed E-state index contributed by atoms with van der Waals surface area (Å²) >= 11 is 2.39. The lowest BCUT2D eigenvalue weighted by atomic mass is 10.0. The van der Waals surface area contributed by atoms with E-state index >= 15 is 0 Å². The van der Waals surface area contributed by atoms with Crippen molar-refractivity contribution in [1.29, 1.82) is 0 Å². The van der Waals surface area contributed by atoms with Crippen LogP contribution in [-0.2, 0) is 9.53 Å². The predicted octanol–water partition coefficient (Wildman–Crippen LogP) is 3.18. The van der Waals surface area contributed by atoms with Gasteiger partial charge in [-0.3, -0.25) is 4.79 Å². The molecular formula is C10H19IO2. The number of hydrogen-bond acceptors (Lipinski definition) is 2. The molecule has 0 N–H and O–H groups in total. The summed E-state index contributed by atoms with van der Waals surface area (Å²) < 4.78 is 6.05. The Morgan fingerprint density at radius 2 is 2.15 bits per heavy atom. The summed E-state index contributed by atoms with van der Waals surface area (Å²) in [6, 6.07) is 0. The van der Waals surface area contributed by atoms with E-state index in [1.165, 1.54) is 10.8 Å². The van der Waals surface area contributed by atoms with Crippen LogP contribution in [0.25, 0.3) is 0 Å². The Labute approximate surface area is 94.6 Å². The SMILES string of the molecule is CCOC(=O)CCCC(C)CCI. The van der Waals surface area contributed by atoms with E-state index in [4.69, 9.17) is 4.74 Å². The molecule has 78 valence electrons. The van der Waals surface area contributed by atoms with Crippen LogP contribution in [0.2, 0.25) is 0 Å². The molecule has 0 aliphatic carbocycles. The Hall–Kier alpha value is 0.200. The monoisotopic (exact) mass is 298 g/mol. The van der Waals surface area contributed by atoms with Gasteiger partial charge >= 0.3 is 5.97 Å². The highest BCUT2D eigenvalue weighted by atomic mass is 127. The van der Waals surface area contributed by atoms with Gasteiger partial charge < -0.3 is 4.74 Å². The zero-order valence-electron chi connectivity index (χ0n) is 8.51. The first kappa shape index (κ1) is 13.2. The van der Waals surface area contributed by atoms with Gasteiger partial charge in [-0.05, 0) is 30.1 Å². The first-order valence-electron chi connectivity index (χ1n) is 4.92. The Morgan fingerprint density at radius 1 is 1.46 bits per heavy atom. The minimum absolute atomic E-state index is 0.0517. The van der Waals surface area contributed by atoms with Gasteiger partial charge in [-0.2, -0.15) is 0 Å². The Balaban J connectivity index is 3.28. The largest absolute Gasteiger partial charge is 0.466 e. The van der Waals surface area contributed by atoms with Gasteiger partial charge in [0.15, 0.2) is 0 Å². The minimum atomic E-state index is -0.0517. The lowest BCUT2D eigenvalue weighted by Crippen LogP contribution is -2.04. The van der Waals surface area contributed by atoms with Gasteiger partial charge in [0.25, 0.3) is 0 Å². The second kappa shape index (κ2) is 8.78. The van der Waals surface area contributed by atoms with Gasteiger partial charge in [0, 0.05) is 6.42 Å². The molecule has 0 aromatic rings. The van der Waals surface area contributed by atoms with Crippen LogP contribution in [0, 0.1) is 5.92 Å². The third-order valence-corrected chi connectivity index (χ3v) is 2.61. The van der Waals surface area contributed by atoms with Gasteiger partial charge in [0.05, 0.1) is 6.61 Å². The van der Waals surface area contributed by atoms with Crippen LogP contribution >= 0.6 is 22.6 Å². The fraction of sp³-hybridized carbons (Fsp3) is 0.900. The van der Waals surface area contributed by atoms with Crippen LogP contribution in [0.5, 0.6) is 0 Å². The van der Waals surface area contributed by atoms with E-state index in [0.29, 0.717) is 13.0 Å². The van der Waals surface area contributed by atoms with E-state index in [0.717, 1.165) is 18.8 Å². The standard InChI is InChI=1S/C10H19IO2/c1-3-13-10(12)6-4-5-9(2)7-8-11/h9H,3-8H2,1-2H3. The summed E-state index contributed by atoms with van der Waals surface area (Å²) in [6.45, 7) is 4.59. The normalized spacial score (nSPS) is 12.5. The molecule has 0 aliphatic rings. The van der Waals surface area contributed by atoms with E-state index in [1.54, 1.807) is 0 Å². The van der Waals surface area contributed by atoms with Gasteiger partial charge in [-0.15, -0.1) is 0 Å². The Morgan fingerprint density at radius 3 is 2.69 bits per heavy atom. The fourth-order valence-corrected chi connectivity index (χ4v) is 2.22. The lowest BCUT2D eigenvalue weighted by Gasteiger charge is -2.08. The molecule has 0 saturated carbocycles. The van der Waals surface area contributed by atoms with Crippen molar-refractivity contribution in [2.24, 2.45) is 5.92 Å². The molecule has 0 rings (SSSR count).